The van der Waals surface area contributed by atoms with E-state index in [9.17, 15) is 14.0 Å². The number of carbonyl (C=O) groups excluding carboxylic acids is 2. The fraction of sp³-hybridized carbons (Fsp3) is 0.800. The molecule has 100 valence electrons. The number of alkyl halides is 2. The molecule has 0 fully saturated rings. The molecular formula is C10H16BrFO5. The van der Waals surface area contributed by atoms with Crippen molar-refractivity contribution in [3.05, 3.63) is 0 Å². The summed E-state index contributed by atoms with van der Waals surface area (Å²) in [7, 11) is 0. The first-order valence-electron chi connectivity index (χ1n) is 4.87. The van der Waals surface area contributed by atoms with Gasteiger partial charge in [-0.25, -0.2) is 4.39 Å². The zero-order valence-electron chi connectivity index (χ0n) is 9.96. The fourth-order valence-corrected chi connectivity index (χ4v) is 0.904. The van der Waals surface area contributed by atoms with Gasteiger partial charge in [0.15, 0.2) is 0 Å². The van der Waals surface area contributed by atoms with Gasteiger partial charge < -0.3 is 14.6 Å². The molecule has 0 rings (SSSR count). The van der Waals surface area contributed by atoms with Gasteiger partial charge in [0.25, 0.3) is 0 Å². The molecule has 0 aliphatic heterocycles. The molecule has 0 bridgehead atoms. The van der Waals surface area contributed by atoms with Gasteiger partial charge in [-0.15, -0.1) is 0 Å². The number of esters is 2. The summed E-state index contributed by atoms with van der Waals surface area (Å²) < 4.78 is 20.0. The minimum Gasteiger partial charge on any atom is -0.463 e. The second kappa shape index (κ2) is 6.30. The monoisotopic (exact) mass is 314 g/mol. The molecule has 17 heavy (non-hydrogen) atoms. The van der Waals surface area contributed by atoms with Crippen LogP contribution in [0.2, 0.25) is 0 Å². The smallest absolute Gasteiger partial charge is 0.322 e. The Balaban J connectivity index is 4.51. The average Bonchev–Trinajstić information content (AvgIpc) is 2.24. The van der Waals surface area contributed by atoms with E-state index in [2.05, 4.69) is 20.7 Å². The number of aliphatic hydroxyl groups excluding tert-OH is 1. The van der Waals surface area contributed by atoms with Gasteiger partial charge in [0.2, 0.25) is 6.86 Å². The topological polar surface area (TPSA) is 72.8 Å². The van der Waals surface area contributed by atoms with Crippen LogP contribution in [0, 0.1) is 5.41 Å². The predicted octanol–water partition coefficient (Wildman–Crippen LogP) is 1.17. The van der Waals surface area contributed by atoms with Gasteiger partial charge in [-0.05, 0) is 20.8 Å². The SMILES string of the molecule is CC(C)(Br)C(=O)OCC(C)(CO)C(=O)OCF. The molecule has 0 aliphatic rings. The highest BCUT2D eigenvalue weighted by Gasteiger charge is 2.37. The standard InChI is InChI=1S/C10H16BrFO5/c1-9(2,11)7(14)16-5-10(3,4-13)8(15)17-6-12/h13H,4-6H2,1-3H3. The van der Waals surface area contributed by atoms with E-state index >= 15 is 0 Å². The fourth-order valence-electron chi connectivity index (χ4n) is 0.789. The van der Waals surface area contributed by atoms with Crippen molar-refractivity contribution < 1.29 is 28.6 Å². The minimum atomic E-state index is -1.46. The number of carbonyl (C=O) groups is 2. The summed E-state index contributed by atoms with van der Waals surface area (Å²) in [5.74, 6) is -1.55. The molecule has 1 unspecified atom stereocenters. The number of rotatable bonds is 6. The summed E-state index contributed by atoms with van der Waals surface area (Å²) in [6, 6.07) is 0. The Kier molecular flexibility index (Phi) is 6.04. The summed E-state index contributed by atoms with van der Waals surface area (Å²) in [6.07, 6.45) is 0. The Morgan fingerprint density at radius 3 is 2.12 bits per heavy atom. The van der Waals surface area contributed by atoms with Crippen LogP contribution in [0.3, 0.4) is 0 Å². The number of aliphatic hydroxyl groups is 1. The van der Waals surface area contributed by atoms with Crippen molar-refractivity contribution >= 4 is 27.9 Å². The van der Waals surface area contributed by atoms with Crippen LogP contribution in [0.4, 0.5) is 4.39 Å². The van der Waals surface area contributed by atoms with Crippen molar-refractivity contribution in [3.8, 4) is 0 Å². The van der Waals surface area contributed by atoms with Crippen molar-refractivity contribution in [2.75, 3.05) is 20.1 Å². The van der Waals surface area contributed by atoms with E-state index in [1.165, 1.54) is 6.92 Å². The molecule has 0 amide bonds. The molecule has 0 radical (unpaired) electrons. The average molecular weight is 315 g/mol. The van der Waals surface area contributed by atoms with Gasteiger partial charge in [-0.1, -0.05) is 15.9 Å². The summed E-state index contributed by atoms with van der Waals surface area (Å²) in [4.78, 5) is 22.8. The number of hydrogen-bond donors (Lipinski definition) is 1. The maximum Gasteiger partial charge on any atom is 0.322 e. The lowest BCUT2D eigenvalue weighted by Gasteiger charge is -2.25. The Labute approximate surface area is 107 Å². The van der Waals surface area contributed by atoms with Crippen molar-refractivity contribution in [1.29, 1.82) is 0 Å². The third-order valence-electron chi connectivity index (χ3n) is 2.03. The van der Waals surface area contributed by atoms with Crippen molar-refractivity contribution in [1.82, 2.24) is 0 Å². The highest BCUT2D eigenvalue weighted by atomic mass is 79.9. The maximum absolute atomic E-state index is 11.9. The van der Waals surface area contributed by atoms with E-state index in [1.54, 1.807) is 13.8 Å². The molecule has 7 heteroatoms. The van der Waals surface area contributed by atoms with Crippen LogP contribution in [0.5, 0.6) is 0 Å². The Bertz CT molecular complexity index is 289. The Morgan fingerprint density at radius 1 is 1.24 bits per heavy atom. The number of halogens is 2. The van der Waals surface area contributed by atoms with Gasteiger partial charge in [0, 0.05) is 0 Å². The third kappa shape index (κ3) is 4.99. The number of hydrogen-bond acceptors (Lipinski definition) is 5. The lowest BCUT2D eigenvalue weighted by molar-refractivity contribution is -0.169. The van der Waals surface area contributed by atoms with Gasteiger partial charge in [-0.3, -0.25) is 9.59 Å². The molecule has 1 N–H and O–H groups in total. The second-order valence-electron chi connectivity index (χ2n) is 4.31. The molecule has 0 heterocycles. The van der Waals surface area contributed by atoms with Crippen LogP contribution in [-0.4, -0.2) is 41.4 Å². The van der Waals surface area contributed by atoms with Crippen LogP contribution >= 0.6 is 15.9 Å². The zero-order chi connectivity index (χ0) is 13.7. The quantitative estimate of drug-likeness (QED) is 0.588. The van der Waals surface area contributed by atoms with E-state index in [-0.39, 0.29) is 6.61 Å². The molecule has 0 aromatic carbocycles. The molecule has 1 atom stereocenters. The van der Waals surface area contributed by atoms with Gasteiger partial charge in [0.1, 0.15) is 16.3 Å². The molecule has 0 saturated carbocycles. The highest BCUT2D eigenvalue weighted by Crippen LogP contribution is 2.22. The minimum absolute atomic E-state index is 0.379. The summed E-state index contributed by atoms with van der Waals surface area (Å²) >= 11 is 3.09. The van der Waals surface area contributed by atoms with Crippen LogP contribution < -0.4 is 0 Å². The largest absolute Gasteiger partial charge is 0.463 e. The lowest BCUT2D eigenvalue weighted by atomic mass is 9.93. The Morgan fingerprint density at radius 2 is 1.76 bits per heavy atom. The van der Waals surface area contributed by atoms with Gasteiger partial charge in [-0.2, -0.15) is 0 Å². The number of ether oxygens (including phenoxy) is 2. The molecule has 0 aromatic rings. The van der Waals surface area contributed by atoms with Crippen LogP contribution in [0.15, 0.2) is 0 Å². The van der Waals surface area contributed by atoms with E-state index in [0.717, 1.165) is 0 Å². The maximum atomic E-state index is 11.9. The predicted molar refractivity (Wildman–Crippen MR) is 61.2 cm³/mol. The van der Waals surface area contributed by atoms with Crippen LogP contribution in [0.25, 0.3) is 0 Å². The van der Waals surface area contributed by atoms with Crippen LogP contribution in [-0.2, 0) is 19.1 Å². The van der Waals surface area contributed by atoms with E-state index in [1.807, 2.05) is 0 Å². The van der Waals surface area contributed by atoms with E-state index in [4.69, 9.17) is 9.84 Å². The molecule has 0 aliphatic carbocycles. The lowest BCUT2D eigenvalue weighted by Crippen LogP contribution is -2.40. The van der Waals surface area contributed by atoms with Crippen molar-refractivity contribution in [2.45, 2.75) is 25.1 Å². The molecule has 5 nitrogen and oxygen atoms in total. The third-order valence-corrected chi connectivity index (χ3v) is 2.36. The van der Waals surface area contributed by atoms with Gasteiger partial charge in [0.05, 0.1) is 6.61 Å². The molecular weight excluding hydrogens is 299 g/mol. The zero-order valence-corrected chi connectivity index (χ0v) is 11.5. The second-order valence-corrected chi connectivity index (χ2v) is 6.29. The summed E-state index contributed by atoms with van der Waals surface area (Å²) in [5.41, 5.74) is -1.46. The first-order chi connectivity index (χ1) is 7.67. The normalized spacial score (nSPS) is 14.9. The first-order valence-corrected chi connectivity index (χ1v) is 5.67. The van der Waals surface area contributed by atoms with Crippen molar-refractivity contribution in [2.24, 2.45) is 5.41 Å². The van der Waals surface area contributed by atoms with Crippen molar-refractivity contribution in [3.63, 3.8) is 0 Å². The molecule has 0 saturated heterocycles. The molecule has 0 spiro atoms. The van der Waals surface area contributed by atoms with E-state index in [0.29, 0.717) is 0 Å². The summed E-state index contributed by atoms with van der Waals surface area (Å²) in [6.45, 7) is 2.20. The Hall–Kier alpha value is -0.690. The van der Waals surface area contributed by atoms with E-state index < -0.39 is 35.1 Å². The summed E-state index contributed by atoms with van der Waals surface area (Å²) in [5, 5.41) is 9.07. The van der Waals surface area contributed by atoms with Gasteiger partial charge >= 0.3 is 11.9 Å². The first kappa shape index (κ1) is 16.3. The van der Waals surface area contributed by atoms with Crippen LogP contribution in [0.1, 0.15) is 20.8 Å². The molecule has 0 aromatic heterocycles. The highest BCUT2D eigenvalue weighted by molar-refractivity contribution is 9.10.